The maximum absolute atomic E-state index is 12.8. The molecule has 0 saturated carbocycles. The zero-order chi connectivity index (χ0) is 20.5. The second-order valence-electron chi connectivity index (χ2n) is 6.90. The lowest BCUT2D eigenvalue weighted by atomic mass is 10.0. The molecule has 3 heterocycles. The fourth-order valence-corrected chi connectivity index (χ4v) is 4.07. The number of thiophene rings is 1. The number of fused-ring (bicyclic) bond motifs is 1. The van der Waals surface area contributed by atoms with Gasteiger partial charge in [-0.15, -0.1) is 11.3 Å². The quantitative estimate of drug-likeness (QED) is 0.574. The largest absolute Gasteiger partial charge is 0.336 e. The molecule has 1 fully saturated rings. The van der Waals surface area contributed by atoms with Gasteiger partial charge in [0, 0.05) is 49.7 Å². The van der Waals surface area contributed by atoms with Crippen LogP contribution in [0.1, 0.15) is 36.0 Å². The van der Waals surface area contributed by atoms with Crippen LogP contribution < -0.4 is 0 Å². The van der Waals surface area contributed by atoms with E-state index in [1.807, 2.05) is 17.5 Å². The summed E-state index contributed by atoms with van der Waals surface area (Å²) in [6.07, 6.45) is 3.35. The summed E-state index contributed by atoms with van der Waals surface area (Å²) in [4.78, 5) is 54.7. The van der Waals surface area contributed by atoms with Crippen LogP contribution in [0, 0.1) is 0 Å². The van der Waals surface area contributed by atoms with Crippen molar-refractivity contribution < 1.29 is 19.2 Å². The SMILES string of the molecule is CN1C(=O)c2ccc(C(=O)N3CCN(C(=O)/C=C/c4cccs4)CC3)cc2C1=O. The molecule has 148 valence electrons. The van der Waals surface area contributed by atoms with Crippen LogP contribution in [0.25, 0.3) is 6.08 Å². The Labute approximate surface area is 171 Å². The highest BCUT2D eigenvalue weighted by Crippen LogP contribution is 2.23. The Hall–Kier alpha value is -3.26. The van der Waals surface area contributed by atoms with E-state index in [1.54, 1.807) is 39.4 Å². The number of carbonyl (C=O) groups is 4. The monoisotopic (exact) mass is 409 g/mol. The zero-order valence-electron chi connectivity index (χ0n) is 15.8. The summed E-state index contributed by atoms with van der Waals surface area (Å²) in [6.45, 7) is 1.73. The standard InChI is InChI=1S/C21H19N3O4S/c1-22-20(27)16-6-4-14(13-17(16)21(22)28)19(26)24-10-8-23(9-11-24)18(25)7-5-15-3-2-12-29-15/h2-7,12-13H,8-11H2,1H3/b7-5+. The van der Waals surface area contributed by atoms with Gasteiger partial charge < -0.3 is 9.80 Å². The molecule has 0 atom stereocenters. The lowest BCUT2D eigenvalue weighted by Gasteiger charge is -2.34. The van der Waals surface area contributed by atoms with Gasteiger partial charge in [-0.2, -0.15) is 0 Å². The van der Waals surface area contributed by atoms with E-state index in [0.29, 0.717) is 37.3 Å². The molecule has 2 aromatic rings. The first-order valence-electron chi connectivity index (χ1n) is 9.22. The zero-order valence-corrected chi connectivity index (χ0v) is 16.6. The molecule has 2 aliphatic rings. The van der Waals surface area contributed by atoms with E-state index in [-0.39, 0.29) is 23.3 Å². The van der Waals surface area contributed by atoms with Gasteiger partial charge in [-0.05, 0) is 35.7 Å². The van der Waals surface area contributed by atoms with Gasteiger partial charge in [0.2, 0.25) is 5.91 Å². The average Bonchev–Trinajstić information content (AvgIpc) is 3.35. The van der Waals surface area contributed by atoms with Gasteiger partial charge in [0.05, 0.1) is 11.1 Å². The molecule has 0 bridgehead atoms. The molecule has 0 unspecified atom stereocenters. The van der Waals surface area contributed by atoms with Crippen molar-refractivity contribution in [1.82, 2.24) is 14.7 Å². The normalized spacial score (nSPS) is 16.7. The first-order valence-corrected chi connectivity index (χ1v) is 10.1. The summed E-state index contributed by atoms with van der Waals surface area (Å²) < 4.78 is 0. The number of piperazine rings is 1. The number of hydrogen-bond acceptors (Lipinski definition) is 5. The Morgan fingerprint density at radius 2 is 1.66 bits per heavy atom. The molecule has 4 rings (SSSR count). The maximum atomic E-state index is 12.8. The Morgan fingerprint density at radius 1 is 0.966 bits per heavy atom. The lowest BCUT2D eigenvalue weighted by Crippen LogP contribution is -2.50. The maximum Gasteiger partial charge on any atom is 0.261 e. The first kappa shape index (κ1) is 19.1. The molecule has 29 heavy (non-hydrogen) atoms. The van der Waals surface area contributed by atoms with Gasteiger partial charge in [-0.25, -0.2) is 0 Å². The van der Waals surface area contributed by atoms with Crippen LogP contribution in [0.4, 0.5) is 0 Å². The van der Waals surface area contributed by atoms with Crippen molar-refractivity contribution in [2.45, 2.75) is 0 Å². The number of rotatable bonds is 3. The third-order valence-electron chi connectivity index (χ3n) is 5.15. The molecule has 2 aliphatic heterocycles. The average molecular weight is 409 g/mol. The van der Waals surface area contributed by atoms with Gasteiger partial charge >= 0.3 is 0 Å². The fourth-order valence-electron chi connectivity index (χ4n) is 3.45. The Morgan fingerprint density at radius 3 is 2.34 bits per heavy atom. The van der Waals surface area contributed by atoms with E-state index in [9.17, 15) is 19.2 Å². The third kappa shape index (κ3) is 3.58. The summed E-state index contributed by atoms with van der Waals surface area (Å²) in [7, 11) is 1.43. The van der Waals surface area contributed by atoms with Crippen molar-refractivity contribution >= 4 is 41.0 Å². The summed E-state index contributed by atoms with van der Waals surface area (Å²) in [6, 6.07) is 8.47. The van der Waals surface area contributed by atoms with E-state index < -0.39 is 5.91 Å². The molecule has 1 aromatic heterocycles. The molecule has 7 nitrogen and oxygen atoms in total. The van der Waals surface area contributed by atoms with Crippen LogP contribution in [0.5, 0.6) is 0 Å². The molecular weight excluding hydrogens is 390 g/mol. The van der Waals surface area contributed by atoms with Gasteiger partial charge in [-0.3, -0.25) is 24.1 Å². The number of benzene rings is 1. The smallest absolute Gasteiger partial charge is 0.261 e. The van der Waals surface area contributed by atoms with E-state index in [2.05, 4.69) is 0 Å². The molecule has 0 N–H and O–H groups in total. The minimum atomic E-state index is -0.396. The molecule has 0 radical (unpaired) electrons. The second kappa shape index (κ2) is 7.63. The summed E-state index contributed by atoms with van der Waals surface area (Å²) in [5.74, 6) is -1.03. The van der Waals surface area contributed by atoms with Gasteiger partial charge in [0.15, 0.2) is 0 Å². The van der Waals surface area contributed by atoms with E-state index >= 15 is 0 Å². The van der Waals surface area contributed by atoms with E-state index in [0.717, 1.165) is 9.78 Å². The van der Waals surface area contributed by atoms with Crippen molar-refractivity contribution in [3.8, 4) is 0 Å². The summed E-state index contributed by atoms with van der Waals surface area (Å²) in [5.41, 5.74) is 0.954. The van der Waals surface area contributed by atoms with Gasteiger partial charge in [-0.1, -0.05) is 6.07 Å². The summed E-state index contributed by atoms with van der Waals surface area (Å²) in [5, 5.41) is 1.95. The number of nitrogens with zero attached hydrogens (tertiary/aromatic N) is 3. The minimum absolute atomic E-state index is 0.0739. The molecule has 4 amide bonds. The van der Waals surface area contributed by atoms with Crippen LogP contribution in [0.2, 0.25) is 0 Å². The molecule has 0 aliphatic carbocycles. The number of hydrogen-bond donors (Lipinski definition) is 0. The third-order valence-corrected chi connectivity index (χ3v) is 5.99. The van der Waals surface area contributed by atoms with Crippen LogP contribution in [-0.4, -0.2) is 71.6 Å². The summed E-state index contributed by atoms with van der Waals surface area (Å²) >= 11 is 1.56. The lowest BCUT2D eigenvalue weighted by molar-refractivity contribution is -0.127. The Balaban J connectivity index is 1.39. The number of imide groups is 1. The highest BCUT2D eigenvalue weighted by atomic mass is 32.1. The van der Waals surface area contributed by atoms with Gasteiger partial charge in [0.1, 0.15) is 0 Å². The molecular formula is C21H19N3O4S. The first-order chi connectivity index (χ1) is 14.0. The van der Waals surface area contributed by atoms with E-state index in [4.69, 9.17) is 0 Å². The molecule has 1 aromatic carbocycles. The minimum Gasteiger partial charge on any atom is -0.336 e. The van der Waals surface area contributed by atoms with Crippen LogP contribution >= 0.6 is 11.3 Å². The van der Waals surface area contributed by atoms with Crippen molar-refractivity contribution in [2.75, 3.05) is 33.2 Å². The predicted molar refractivity (Wildman–Crippen MR) is 109 cm³/mol. The topological polar surface area (TPSA) is 78.0 Å². The Kier molecular flexibility index (Phi) is 5.02. The van der Waals surface area contributed by atoms with Gasteiger partial charge in [0.25, 0.3) is 17.7 Å². The number of amides is 4. The molecule has 1 saturated heterocycles. The van der Waals surface area contributed by atoms with Crippen LogP contribution in [-0.2, 0) is 4.79 Å². The second-order valence-corrected chi connectivity index (χ2v) is 7.88. The van der Waals surface area contributed by atoms with Crippen molar-refractivity contribution in [3.63, 3.8) is 0 Å². The molecule has 0 spiro atoms. The number of carbonyl (C=O) groups excluding carboxylic acids is 4. The van der Waals surface area contributed by atoms with Crippen molar-refractivity contribution in [2.24, 2.45) is 0 Å². The van der Waals surface area contributed by atoms with Crippen molar-refractivity contribution in [1.29, 1.82) is 0 Å². The molecule has 8 heteroatoms. The predicted octanol–water partition coefficient (Wildman–Crippen LogP) is 1.97. The fraction of sp³-hybridized carbons (Fsp3) is 0.238. The highest BCUT2D eigenvalue weighted by molar-refractivity contribution is 7.10. The van der Waals surface area contributed by atoms with Crippen LogP contribution in [0.15, 0.2) is 41.8 Å². The van der Waals surface area contributed by atoms with Crippen LogP contribution in [0.3, 0.4) is 0 Å². The van der Waals surface area contributed by atoms with Crippen molar-refractivity contribution in [3.05, 3.63) is 63.4 Å². The highest BCUT2D eigenvalue weighted by Gasteiger charge is 2.34. The van der Waals surface area contributed by atoms with E-state index in [1.165, 1.54) is 19.2 Å². The Bertz CT molecular complexity index is 1020.